The number of methoxy groups -OCH3 is 2. The Labute approximate surface area is 190 Å². The van der Waals surface area contributed by atoms with Crippen LogP contribution in [0.1, 0.15) is 5.56 Å². The van der Waals surface area contributed by atoms with Crippen molar-refractivity contribution in [2.45, 2.75) is 12.5 Å². The Bertz CT molecular complexity index is 1160. The Morgan fingerprint density at radius 1 is 1.06 bits per heavy atom. The standard InChI is InChI=1S/C24H26N2O5S/c1-28-20-8-7-16(13-22(20)29-2)9-11-25-14-17(27)15-30-19-6-4-3-5-18(19)23-24-21(31-26-23)10-12-32-24/h3-8,10,12-13,17,25,27H,9,11,14-15H2,1-2H3. The molecule has 0 aliphatic carbocycles. The topological polar surface area (TPSA) is 86.0 Å². The fourth-order valence-corrected chi connectivity index (χ4v) is 4.23. The minimum atomic E-state index is -0.646. The second-order valence-corrected chi connectivity index (χ2v) is 8.17. The second-order valence-electron chi connectivity index (χ2n) is 7.25. The molecule has 2 aromatic heterocycles. The molecular formula is C24H26N2O5S. The van der Waals surface area contributed by atoms with Gasteiger partial charge in [0, 0.05) is 12.1 Å². The van der Waals surface area contributed by atoms with Gasteiger partial charge in [0.25, 0.3) is 0 Å². The zero-order valence-corrected chi connectivity index (χ0v) is 18.9. The van der Waals surface area contributed by atoms with E-state index in [2.05, 4.69) is 10.5 Å². The number of benzene rings is 2. The second kappa shape index (κ2) is 10.5. The fraction of sp³-hybridized carbons (Fsp3) is 0.292. The van der Waals surface area contributed by atoms with Crippen molar-refractivity contribution >= 4 is 21.6 Å². The van der Waals surface area contributed by atoms with Crippen molar-refractivity contribution in [3.8, 4) is 28.5 Å². The Morgan fingerprint density at radius 2 is 1.91 bits per heavy atom. The highest BCUT2D eigenvalue weighted by Gasteiger charge is 2.16. The van der Waals surface area contributed by atoms with Gasteiger partial charge in [0.15, 0.2) is 17.1 Å². The lowest BCUT2D eigenvalue weighted by Gasteiger charge is -2.15. The third kappa shape index (κ3) is 5.04. The van der Waals surface area contributed by atoms with Crippen LogP contribution in [0.5, 0.6) is 17.2 Å². The molecule has 2 N–H and O–H groups in total. The van der Waals surface area contributed by atoms with Crippen LogP contribution in [-0.4, -0.2) is 50.3 Å². The lowest BCUT2D eigenvalue weighted by molar-refractivity contribution is 0.107. The van der Waals surface area contributed by atoms with E-state index in [0.717, 1.165) is 40.1 Å². The molecule has 4 aromatic rings. The molecule has 0 amide bonds. The van der Waals surface area contributed by atoms with Crippen LogP contribution in [0.2, 0.25) is 0 Å². The molecule has 0 saturated heterocycles. The lowest BCUT2D eigenvalue weighted by Crippen LogP contribution is -2.32. The van der Waals surface area contributed by atoms with E-state index < -0.39 is 6.10 Å². The van der Waals surface area contributed by atoms with Crippen LogP contribution < -0.4 is 19.5 Å². The fourth-order valence-electron chi connectivity index (χ4n) is 3.42. The number of fused-ring (bicyclic) bond motifs is 1. The number of hydrogen-bond donors (Lipinski definition) is 2. The molecule has 0 fully saturated rings. The molecule has 0 bridgehead atoms. The maximum absolute atomic E-state index is 10.4. The van der Waals surface area contributed by atoms with E-state index in [1.54, 1.807) is 25.6 Å². The van der Waals surface area contributed by atoms with Crippen LogP contribution in [0.4, 0.5) is 0 Å². The molecule has 4 rings (SSSR count). The SMILES string of the molecule is COc1ccc(CCNCC(O)COc2ccccc2-c2noc3ccsc23)cc1OC. The molecule has 7 nitrogen and oxygen atoms in total. The minimum absolute atomic E-state index is 0.172. The first-order valence-corrected chi connectivity index (χ1v) is 11.2. The number of thiophene rings is 1. The van der Waals surface area contributed by atoms with Crippen molar-refractivity contribution in [1.82, 2.24) is 10.5 Å². The van der Waals surface area contributed by atoms with E-state index in [4.69, 9.17) is 18.7 Å². The first kappa shape index (κ1) is 22.1. The van der Waals surface area contributed by atoms with Gasteiger partial charge >= 0.3 is 0 Å². The first-order valence-electron chi connectivity index (χ1n) is 10.3. The van der Waals surface area contributed by atoms with Gasteiger partial charge in [-0.1, -0.05) is 23.4 Å². The van der Waals surface area contributed by atoms with Crippen molar-refractivity contribution in [3.63, 3.8) is 0 Å². The van der Waals surface area contributed by atoms with E-state index >= 15 is 0 Å². The lowest BCUT2D eigenvalue weighted by atomic mass is 10.1. The molecule has 32 heavy (non-hydrogen) atoms. The number of aromatic nitrogens is 1. The van der Waals surface area contributed by atoms with Gasteiger partial charge in [-0.05, 0) is 54.2 Å². The molecule has 1 atom stereocenters. The average molecular weight is 455 g/mol. The Kier molecular flexibility index (Phi) is 7.26. The quantitative estimate of drug-likeness (QED) is 0.329. The number of nitrogens with zero attached hydrogens (tertiary/aromatic N) is 1. The van der Waals surface area contributed by atoms with Crippen LogP contribution in [0.25, 0.3) is 21.5 Å². The van der Waals surface area contributed by atoms with Crippen molar-refractivity contribution in [1.29, 1.82) is 0 Å². The zero-order chi connectivity index (χ0) is 22.3. The van der Waals surface area contributed by atoms with Crippen molar-refractivity contribution < 1.29 is 23.8 Å². The highest BCUT2D eigenvalue weighted by atomic mass is 32.1. The summed E-state index contributed by atoms with van der Waals surface area (Å²) in [6.45, 7) is 1.32. The summed E-state index contributed by atoms with van der Waals surface area (Å²) in [5, 5.41) is 19.8. The van der Waals surface area contributed by atoms with Gasteiger partial charge in [0.2, 0.25) is 0 Å². The van der Waals surface area contributed by atoms with E-state index in [-0.39, 0.29) is 6.61 Å². The van der Waals surface area contributed by atoms with Crippen LogP contribution in [0, 0.1) is 0 Å². The third-order valence-corrected chi connectivity index (χ3v) is 5.97. The van der Waals surface area contributed by atoms with E-state index in [1.165, 1.54) is 0 Å². The maximum Gasteiger partial charge on any atom is 0.178 e. The van der Waals surface area contributed by atoms with Crippen LogP contribution in [-0.2, 0) is 6.42 Å². The number of ether oxygens (including phenoxy) is 3. The molecule has 168 valence electrons. The number of hydrogen-bond acceptors (Lipinski definition) is 8. The molecule has 0 saturated carbocycles. The molecule has 0 aliphatic heterocycles. The molecular weight excluding hydrogens is 428 g/mol. The summed E-state index contributed by atoms with van der Waals surface area (Å²) in [5.74, 6) is 2.09. The summed E-state index contributed by atoms with van der Waals surface area (Å²) >= 11 is 1.58. The number of para-hydroxylation sites is 1. The van der Waals surface area contributed by atoms with Crippen LogP contribution >= 0.6 is 11.3 Å². The first-order chi connectivity index (χ1) is 15.7. The van der Waals surface area contributed by atoms with Gasteiger partial charge in [0.05, 0.1) is 14.2 Å². The van der Waals surface area contributed by atoms with Crippen LogP contribution in [0.15, 0.2) is 58.4 Å². The Morgan fingerprint density at radius 3 is 2.75 bits per heavy atom. The van der Waals surface area contributed by atoms with Gasteiger partial charge in [0.1, 0.15) is 28.9 Å². The summed E-state index contributed by atoms with van der Waals surface area (Å²) in [6, 6.07) is 15.4. The summed E-state index contributed by atoms with van der Waals surface area (Å²) < 4.78 is 22.9. The molecule has 1 unspecified atom stereocenters. The monoisotopic (exact) mass is 454 g/mol. The van der Waals surface area contributed by atoms with Gasteiger partial charge < -0.3 is 29.2 Å². The third-order valence-electron chi connectivity index (χ3n) is 5.07. The summed E-state index contributed by atoms with van der Waals surface area (Å²) in [7, 11) is 3.25. The van der Waals surface area contributed by atoms with Gasteiger partial charge in [-0.15, -0.1) is 11.3 Å². The Balaban J connectivity index is 1.27. The Hall–Kier alpha value is -3.07. The number of aliphatic hydroxyl groups excluding tert-OH is 1. The molecule has 0 radical (unpaired) electrons. The molecule has 0 spiro atoms. The molecule has 0 aliphatic rings. The highest BCUT2D eigenvalue weighted by Crippen LogP contribution is 2.36. The smallest absolute Gasteiger partial charge is 0.178 e. The highest BCUT2D eigenvalue weighted by molar-refractivity contribution is 7.17. The van der Waals surface area contributed by atoms with Gasteiger partial charge in [-0.3, -0.25) is 0 Å². The number of nitrogens with one attached hydrogen (secondary N) is 1. The number of rotatable bonds is 11. The maximum atomic E-state index is 10.4. The largest absolute Gasteiger partial charge is 0.493 e. The minimum Gasteiger partial charge on any atom is -0.493 e. The van der Waals surface area contributed by atoms with Gasteiger partial charge in [-0.2, -0.15) is 0 Å². The summed E-state index contributed by atoms with van der Waals surface area (Å²) in [5.41, 5.74) is 3.50. The van der Waals surface area contributed by atoms with Crippen LogP contribution in [0.3, 0.4) is 0 Å². The number of aliphatic hydroxyl groups is 1. The summed E-state index contributed by atoms with van der Waals surface area (Å²) in [6.07, 6.45) is 0.159. The predicted octanol–water partition coefficient (Wildman–Crippen LogP) is 4.15. The predicted molar refractivity (Wildman–Crippen MR) is 125 cm³/mol. The van der Waals surface area contributed by atoms with Crippen molar-refractivity contribution in [3.05, 3.63) is 59.5 Å². The van der Waals surface area contributed by atoms with Crippen molar-refractivity contribution in [2.24, 2.45) is 0 Å². The molecule has 8 heteroatoms. The average Bonchev–Trinajstić information content (AvgIpc) is 3.45. The van der Waals surface area contributed by atoms with Gasteiger partial charge in [-0.25, -0.2) is 0 Å². The van der Waals surface area contributed by atoms with E-state index in [1.807, 2.05) is 53.9 Å². The summed E-state index contributed by atoms with van der Waals surface area (Å²) in [4.78, 5) is 0. The normalized spacial score (nSPS) is 12.1. The van der Waals surface area contributed by atoms with E-state index in [9.17, 15) is 5.11 Å². The zero-order valence-electron chi connectivity index (χ0n) is 18.0. The van der Waals surface area contributed by atoms with E-state index in [0.29, 0.717) is 23.8 Å². The molecule has 2 heterocycles. The van der Waals surface area contributed by atoms with Crippen molar-refractivity contribution in [2.75, 3.05) is 33.9 Å². The molecule has 2 aromatic carbocycles.